The van der Waals surface area contributed by atoms with Crippen LogP contribution in [-0.2, 0) is 6.54 Å². The van der Waals surface area contributed by atoms with Crippen molar-refractivity contribution < 1.29 is 4.79 Å². The molecule has 0 aliphatic carbocycles. The molecule has 2 aromatic carbocycles. The van der Waals surface area contributed by atoms with Gasteiger partial charge in [-0.05, 0) is 12.1 Å². The minimum atomic E-state index is -0.301. The lowest BCUT2D eigenvalue weighted by molar-refractivity contribution is 0.0966. The molecule has 3 rings (SSSR count). The van der Waals surface area contributed by atoms with Gasteiger partial charge >= 0.3 is 0 Å². The number of nitrogens with zero attached hydrogens (tertiary/aromatic N) is 2. The summed E-state index contributed by atoms with van der Waals surface area (Å²) in [7, 11) is 0. The predicted octanol–water partition coefficient (Wildman–Crippen LogP) is 3.56. The van der Waals surface area contributed by atoms with Crippen LogP contribution in [0.15, 0.2) is 76.0 Å². The lowest BCUT2D eigenvalue weighted by Crippen LogP contribution is -2.26. The van der Waals surface area contributed by atoms with Crippen molar-refractivity contribution in [1.29, 1.82) is 0 Å². The summed E-state index contributed by atoms with van der Waals surface area (Å²) >= 11 is 3.47. The summed E-state index contributed by atoms with van der Waals surface area (Å²) in [5.41, 5.74) is 1.77. The highest BCUT2D eigenvalue weighted by molar-refractivity contribution is 9.10. The first-order valence-electron chi connectivity index (χ1n) is 7.06. The van der Waals surface area contributed by atoms with E-state index in [0.717, 1.165) is 10.0 Å². The predicted molar refractivity (Wildman–Crippen MR) is 92.4 cm³/mol. The summed E-state index contributed by atoms with van der Waals surface area (Å²) in [6, 6.07) is 19.6. The number of hydrogen-bond acceptors (Lipinski definition) is 3. The van der Waals surface area contributed by atoms with Gasteiger partial charge in [0.15, 0.2) is 5.78 Å². The molecule has 4 nitrogen and oxygen atoms in total. The molecule has 0 saturated heterocycles. The molecule has 5 heteroatoms. The van der Waals surface area contributed by atoms with E-state index in [1.54, 1.807) is 30.3 Å². The van der Waals surface area contributed by atoms with Crippen molar-refractivity contribution in [1.82, 2.24) is 9.78 Å². The Hall–Kier alpha value is -2.53. The minimum absolute atomic E-state index is 0.0822. The number of carbonyl (C=O) groups excluding carboxylic acids is 1. The molecular weight excluding hydrogens is 356 g/mol. The van der Waals surface area contributed by atoms with Crippen molar-refractivity contribution in [2.45, 2.75) is 6.54 Å². The number of halogens is 1. The summed E-state index contributed by atoms with van der Waals surface area (Å²) in [4.78, 5) is 24.3. The molecule has 1 heterocycles. The Bertz CT molecular complexity index is 904. The number of ketones is 1. The first kappa shape index (κ1) is 15.4. The van der Waals surface area contributed by atoms with Crippen LogP contribution < -0.4 is 5.56 Å². The Morgan fingerprint density at radius 3 is 2.39 bits per heavy atom. The highest BCUT2D eigenvalue weighted by atomic mass is 79.9. The quantitative estimate of drug-likeness (QED) is 0.661. The lowest BCUT2D eigenvalue weighted by Gasteiger charge is -2.08. The number of aromatic nitrogens is 2. The molecule has 0 aliphatic rings. The summed E-state index contributed by atoms with van der Waals surface area (Å²) in [5.74, 6) is -0.149. The van der Waals surface area contributed by atoms with Gasteiger partial charge in [-0.3, -0.25) is 9.59 Å². The number of hydrogen-bond donors (Lipinski definition) is 0. The zero-order valence-corrected chi connectivity index (χ0v) is 13.7. The molecule has 0 atom stereocenters. The van der Waals surface area contributed by atoms with Crippen LogP contribution in [-0.4, -0.2) is 15.6 Å². The summed E-state index contributed by atoms with van der Waals surface area (Å²) in [6.45, 7) is -0.0822. The third-order valence-corrected chi connectivity index (χ3v) is 4.10. The fraction of sp³-hybridized carbons (Fsp3) is 0.0556. The van der Waals surface area contributed by atoms with Gasteiger partial charge in [-0.1, -0.05) is 64.5 Å². The van der Waals surface area contributed by atoms with Gasteiger partial charge in [0.1, 0.15) is 6.54 Å². The molecule has 0 fully saturated rings. The Kier molecular flexibility index (Phi) is 4.48. The number of benzene rings is 2. The van der Waals surface area contributed by atoms with Crippen LogP contribution in [0.2, 0.25) is 0 Å². The van der Waals surface area contributed by atoms with E-state index < -0.39 is 0 Å². The second-order valence-corrected chi connectivity index (χ2v) is 5.84. The standard InChI is InChI=1S/C18H13BrN2O2/c19-15-9-5-4-8-14(15)16-10-11-18(23)21(20-16)12-17(22)13-6-2-1-3-7-13/h1-11H,12H2. The molecule has 0 N–H and O–H groups in total. The maximum Gasteiger partial charge on any atom is 0.267 e. The molecule has 0 aliphatic heterocycles. The fourth-order valence-corrected chi connectivity index (χ4v) is 2.71. The molecule has 1 aromatic heterocycles. The fourth-order valence-electron chi connectivity index (χ4n) is 2.23. The largest absolute Gasteiger partial charge is 0.292 e. The van der Waals surface area contributed by atoms with Gasteiger partial charge in [0.05, 0.1) is 5.69 Å². The Morgan fingerprint density at radius 2 is 1.65 bits per heavy atom. The SMILES string of the molecule is O=C(Cn1nc(-c2ccccc2Br)ccc1=O)c1ccccc1. The normalized spacial score (nSPS) is 10.5. The van der Waals surface area contributed by atoms with Crippen molar-refractivity contribution in [2.24, 2.45) is 0 Å². The first-order chi connectivity index (χ1) is 11.1. The second-order valence-electron chi connectivity index (χ2n) is 4.98. The van der Waals surface area contributed by atoms with Crippen molar-refractivity contribution in [3.63, 3.8) is 0 Å². The summed E-state index contributed by atoms with van der Waals surface area (Å²) < 4.78 is 2.08. The van der Waals surface area contributed by atoms with Crippen LogP contribution in [0.1, 0.15) is 10.4 Å². The van der Waals surface area contributed by atoms with Crippen molar-refractivity contribution in [2.75, 3.05) is 0 Å². The first-order valence-corrected chi connectivity index (χ1v) is 7.86. The van der Waals surface area contributed by atoms with E-state index in [9.17, 15) is 9.59 Å². The second kappa shape index (κ2) is 6.71. The molecule has 0 bridgehead atoms. The van der Waals surface area contributed by atoms with Crippen molar-refractivity contribution >= 4 is 21.7 Å². The molecule has 0 radical (unpaired) electrons. The van der Waals surface area contributed by atoms with Gasteiger partial charge in [-0.25, -0.2) is 4.68 Å². The third kappa shape index (κ3) is 3.46. The van der Waals surface area contributed by atoms with E-state index in [1.807, 2.05) is 30.3 Å². The van der Waals surface area contributed by atoms with E-state index in [1.165, 1.54) is 10.7 Å². The molecule has 0 amide bonds. The van der Waals surface area contributed by atoms with E-state index in [-0.39, 0.29) is 17.9 Å². The van der Waals surface area contributed by atoms with Crippen LogP contribution in [0.5, 0.6) is 0 Å². The monoisotopic (exact) mass is 368 g/mol. The third-order valence-electron chi connectivity index (χ3n) is 3.41. The van der Waals surface area contributed by atoms with Crippen LogP contribution in [0.3, 0.4) is 0 Å². The smallest absolute Gasteiger partial charge is 0.267 e. The van der Waals surface area contributed by atoms with Gasteiger partial charge < -0.3 is 0 Å². The number of carbonyl (C=O) groups is 1. The van der Waals surface area contributed by atoms with Gasteiger partial charge in [0.25, 0.3) is 5.56 Å². The average molecular weight is 369 g/mol. The Labute approximate surface area is 141 Å². The van der Waals surface area contributed by atoms with Gasteiger partial charge in [0, 0.05) is 21.7 Å². The molecule has 0 saturated carbocycles. The zero-order valence-electron chi connectivity index (χ0n) is 12.1. The highest BCUT2D eigenvalue weighted by Gasteiger charge is 2.11. The minimum Gasteiger partial charge on any atom is -0.292 e. The molecule has 0 unspecified atom stereocenters. The van der Waals surface area contributed by atoms with E-state index >= 15 is 0 Å². The highest BCUT2D eigenvalue weighted by Crippen LogP contribution is 2.25. The topological polar surface area (TPSA) is 52.0 Å². The maximum atomic E-state index is 12.3. The van der Waals surface area contributed by atoms with E-state index in [0.29, 0.717) is 11.3 Å². The molecule has 0 spiro atoms. The van der Waals surface area contributed by atoms with Crippen LogP contribution in [0, 0.1) is 0 Å². The maximum absolute atomic E-state index is 12.3. The average Bonchev–Trinajstić information content (AvgIpc) is 2.58. The van der Waals surface area contributed by atoms with Gasteiger partial charge in [0.2, 0.25) is 0 Å². The number of rotatable bonds is 4. The zero-order chi connectivity index (χ0) is 16.2. The van der Waals surface area contributed by atoms with Crippen LogP contribution in [0.25, 0.3) is 11.3 Å². The molecule has 114 valence electrons. The van der Waals surface area contributed by atoms with Crippen LogP contribution in [0.4, 0.5) is 0 Å². The summed E-state index contributed by atoms with van der Waals surface area (Å²) in [6.07, 6.45) is 0. The number of Topliss-reactive ketones (excluding diaryl/α,β-unsaturated/α-hetero) is 1. The molecular formula is C18H13BrN2O2. The van der Waals surface area contributed by atoms with Gasteiger partial charge in [-0.2, -0.15) is 5.10 Å². The van der Waals surface area contributed by atoms with E-state index in [2.05, 4.69) is 21.0 Å². The van der Waals surface area contributed by atoms with E-state index in [4.69, 9.17) is 0 Å². The lowest BCUT2D eigenvalue weighted by atomic mass is 10.1. The molecule has 23 heavy (non-hydrogen) atoms. The van der Waals surface area contributed by atoms with Crippen molar-refractivity contribution in [3.8, 4) is 11.3 Å². The summed E-state index contributed by atoms with van der Waals surface area (Å²) in [5, 5.41) is 4.32. The van der Waals surface area contributed by atoms with Gasteiger partial charge in [-0.15, -0.1) is 0 Å². The molecule has 3 aromatic rings. The van der Waals surface area contributed by atoms with Crippen LogP contribution >= 0.6 is 15.9 Å². The van der Waals surface area contributed by atoms with Crippen molar-refractivity contribution in [3.05, 3.63) is 87.1 Å². The Balaban J connectivity index is 1.94. The Morgan fingerprint density at radius 1 is 0.957 bits per heavy atom.